The molecule has 0 spiro atoms. The van der Waals surface area contributed by atoms with Gasteiger partial charge in [-0.1, -0.05) is 52.4 Å². The molecule has 0 aromatic rings. The fraction of sp³-hybridized carbons (Fsp3) is 0.938. The molecule has 20 heavy (non-hydrogen) atoms. The van der Waals surface area contributed by atoms with Crippen LogP contribution in [0.1, 0.15) is 65.2 Å². The Morgan fingerprint density at radius 2 is 1.65 bits per heavy atom. The molecule has 0 saturated heterocycles. The highest BCUT2D eigenvalue weighted by Gasteiger charge is 2.09. The van der Waals surface area contributed by atoms with E-state index in [2.05, 4.69) is 18.7 Å². The van der Waals surface area contributed by atoms with Gasteiger partial charge in [-0.25, -0.2) is 0 Å². The zero-order chi connectivity index (χ0) is 15.1. The first-order chi connectivity index (χ1) is 9.74. The van der Waals surface area contributed by atoms with Gasteiger partial charge in [0.15, 0.2) is 0 Å². The first-order valence-corrected chi connectivity index (χ1v) is 8.32. The van der Waals surface area contributed by atoms with Crippen molar-refractivity contribution in [3.63, 3.8) is 0 Å². The van der Waals surface area contributed by atoms with Gasteiger partial charge in [-0.3, -0.25) is 9.69 Å². The van der Waals surface area contributed by atoms with Gasteiger partial charge >= 0.3 is 5.97 Å². The lowest BCUT2D eigenvalue weighted by molar-refractivity contribution is -0.145. The highest BCUT2D eigenvalue weighted by Crippen LogP contribution is 2.06. The largest absolute Gasteiger partial charge is 0.465 e. The molecule has 0 saturated carbocycles. The van der Waals surface area contributed by atoms with Crippen LogP contribution in [0.15, 0.2) is 0 Å². The van der Waals surface area contributed by atoms with Crippen molar-refractivity contribution in [3.05, 3.63) is 0 Å². The molecule has 0 aliphatic rings. The molecule has 0 bridgehead atoms. The van der Waals surface area contributed by atoms with Crippen LogP contribution in [0, 0.1) is 0 Å². The lowest BCUT2D eigenvalue weighted by atomic mass is 10.1. The molecule has 2 N–H and O–H groups in total. The monoisotopic (exact) mass is 286 g/mol. The molecule has 0 unspecified atom stereocenters. The van der Waals surface area contributed by atoms with Gasteiger partial charge in [-0.2, -0.15) is 0 Å². The number of nitrogens with zero attached hydrogens (tertiary/aromatic N) is 1. The van der Waals surface area contributed by atoms with Crippen LogP contribution < -0.4 is 5.73 Å². The summed E-state index contributed by atoms with van der Waals surface area (Å²) < 4.78 is 5.27. The molecule has 0 heterocycles. The highest BCUT2D eigenvalue weighted by molar-refractivity contribution is 5.71. The highest BCUT2D eigenvalue weighted by atomic mass is 16.5. The molecule has 0 aromatic heterocycles. The SMILES string of the molecule is CCCCCCCCCOC(=O)CN(CC)CCCN. The summed E-state index contributed by atoms with van der Waals surface area (Å²) in [4.78, 5) is 13.7. The third-order valence-corrected chi connectivity index (χ3v) is 3.49. The fourth-order valence-electron chi connectivity index (χ4n) is 2.14. The van der Waals surface area contributed by atoms with Gasteiger partial charge < -0.3 is 10.5 Å². The second-order valence-corrected chi connectivity index (χ2v) is 5.35. The number of carbonyl (C=O) groups excluding carboxylic acids is 1. The zero-order valence-electron chi connectivity index (χ0n) is 13.5. The molecule has 4 nitrogen and oxygen atoms in total. The van der Waals surface area contributed by atoms with E-state index in [0.29, 0.717) is 19.7 Å². The van der Waals surface area contributed by atoms with E-state index in [1.165, 1.54) is 38.5 Å². The Bertz CT molecular complexity index is 223. The zero-order valence-corrected chi connectivity index (χ0v) is 13.5. The molecule has 0 aliphatic heterocycles. The van der Waals surface area contributed by atoms with Crippen molar-refractivity contribution >= 4 is 5.97 Å². The molecule has 0 amide bonds. The van der Waals surface area contributed by atoms with Crippen molar-refractivity contribution in [1.82, 2.24) is 4.90 Å². The third kappa shape index (κ3) is 12.4. The summed E-state index contributed by atoms with van der Waals surface area (Å²) in [5.74, 6) is -0.102. The van der Waals surface area contributed by atoms with Gasteiger partial charge in [0.2, 0.25) is 0 Å². The van der Waals surface area contributed by atoms with E-state index in [0.717, 1.165) is 25.9 Å². The number of likely N-dealkylation sites (N-methyl/N-ethyl adjacent to an activating group) is 1. The molecule has 0 rings (SSSR count). The predicted molar refractivity (Wildman–Crippen MR) is 84.7 cm³/mol. The van der Waals surface area contributed by atoms with Crippen LogP contribution in [0.5, 0.6) is 0 Å². The van der Waals surface area contributed by atoms with Crippen LogP contribution in [0.2, 0.25) is 0 Å². The molecule has 120 valence electrons. The van der Waals surface area contributed by atoms with Crippen molar-refractivity contribution in [2.75, 3.05) is 32.8 Å². The van der Waals surface area contributed by atoms with Crippen LogP contribution in [0.4, 0.5) is 0 Å². The van der Waals surface area contributed by atoms with Crippen molar-refractivity contribution < 1.29 is 9.53 Å². The molecule has 0 fully saturated rings. The summed E-state index contributed by atoms with van der Waals surface area (Å²) >= 11 is 0. The van der Waals surface area contributed by atoms with Crippen LogP contribution in [-0.4, -0.2) is 43.7 Å². The number of rotatable bonds is 14. The van der Waals surface area contributed by atoms with Crippen LogP contribution in [-0.2, 0) is 9.53 Å². The number of carbonyl (C=O) groups is 1. The van der Waals surface area contributed by atoms with Crippen molar-refractivity contribution in [2.24, 2.45) is 5.73 Å². The van der Waals surface area contributed by atoms with E-state index >= 15 is 0 Å². The lowest BCUT2D eigenvalue weighted by Crippen LogP contribution is -2.32. The quantitative estimate of drug-likeness (QED) is 0.394. The molecule has 0 aliphatic carbocycles. The lowest BCUT2D eigenvalue weighted by Gasteiger charge is -2.18. The van der Waals surface area contributed by atoms with E-state index in [9.17, 15) is 4.79 Å². The Kier molecular flexibility index (Phi) is 14.3. The van der Waals surface area contributed by atoms with E-state index in [1.54, 1.807) is 0 Å². The van der Waals surface area contributed by atoms with Crippen LogP contribution in [0.25, 0.3) is 0 Å². The van der Waals surface area contributed by atoms with Crippen molar-refractivity contribution in [2.45, 2.75) is 65.2 Å². The van der Waals surface area contributed by atoms with E-state index < -0.39 is 0 Å². The topological polar surface area (TPSA) is 55.6 Å². The molecular weight excluding hydrogens is 252 g/mol. The minimum Gasteiger partial charge on any atom is -0.465 e. The van der Waals surface area contributed by atoms with Crippen LogP contribution >= 0.6 is 0 Å². The minimum absolute atomic E-state index is 0.102. The number of esters is 1. The summed E-state index contributed by atoms with van der Waals surface area (Å²) in [5.41, 5.74) is 5.48. The molecule has 0 aromatic carbocycles. The first-order valence-electron chi connectivity index (χ1n) is 8.32. The Labute approximate surface area is 125 Å². The number of nitrogens with two attached hydrogens (primary N) is 1. The second-order valence-electron chi connectivity index (χ2n) is 5.35. The van der Waals surface area contributed by atoms with Gasteiger partial charge in [-0.15, -0.1) is 0 Å². The molecule has 0 radical (unpaired) electrons. The first kappa shape index (κ1) is 19.4. The number of hydrogen-bond acceptors (Lipinski definition) is 4. The van der Waals surface area contributed by atoms with E-state index in [1.807, 2.05) is 0 Å². The number of unbranched alkanes of at least 4 members (excludes halogenated alkanes) is 6. The second kappa shape index (κ2) is 14.8. The van der Waals surface area contributed by atoms with E-state index in [4.69, 9.17) is 10.5 Å². The maximum absolute atomic E-state index is 11.7. The average Bonchev–Trinajstić information content (AvgIpc) is 2.46. The molecular formula is C16H34N2O2. The van der Waals surface area contributed by atoms with Crippen LogP contribution in [0.3, 0.4) is 0 Å². The fourth-order valence-corrected chi connectivity index (χ4v) is 2.14. The average molecular weight is 286 g/mol. The Morgan fingerprint density at radius 3 is 2.25 bits per heavy atom. The van der Waals surface area contributed by atoms with Gasteiger partial charge in [-0.05, 0) is 32.5 Å². The molecule has 4 heteroatoms. The smallest absolute Gasteiger partial charge is 0.320 e. The summed E-state index contributed by atoms with van der Waals surface area (Å²) in [7, 11) is 0. The standard InChI is InChI=1S/C16H34N2O2/c1-3-5-6-7-8-9-10-14-20-16(19)15-18(4-2)13-11-12-17/h3-15,17H2,1-2H3. The van der Waals surface area contributed by atoms with Gasteiger partial charge in [0, 0.05) is 0 Å². The van der Waals surface area contributed by atoms with Gasteiger partial charge in [0.05, 0.1) is 13.2 Å². The predicted octanol–water partition coefficient (Wildman–Crippen LogP) is 2.95. The number of hydrogen-bond donors (Lipinski definition) is 1. The van der Waals surface area contributed by atoms with Gasteiger partial charge in [0.1, 0.15) is 0 Å². The maximum Gasteiger partial charge on any atom is 0.320 e. The van der Waals surface area contributed by atoms with Crippen molar-refractivity contribution in [3.8, 4) is 0 Å². The maximum atomic E-state index is 11.7. The Hall–Kier alpha value is -0.610. The molecule has 0 atom stereocenters. The third-order valence-electron chi connectivity index (χ3n) is 3.49. The minimum atomic E-state index is -0.102. The summed E-state index contributed by atoms with van der Waals surface area (Å²) in [6.45, 7) is 7.66. The van der Waals surface area contributed by atoms with Crippen molar-refractivity contribution in [1.29, 1.82) is 0 Å². The normalized spacial score (nSPS) is 11.0. The summed E-state index contributed by atoms with van der Waals surface area (Å²) in [5, 5.41) is 0. The summed E-state index contributed by atoms with van der Waals surface area (Å²) in [6.07, 6.45) is 9.62. The van der Waals surface area contributed by atoms with Gasteiger partial charge in [0.25, 0.3) is 0 Å². The summed E-state index contributed by atoms with van der Waals surface area (Å²) in [6, 6.07) is 0. The Morgan fingerprint density at radius 1 is 1.00 bits per heavy atom. The number of ether oxygens (including phenoxy) is 1. The Balaban J connectivity index is 3.43. The van der Waals surface area contributed by atoms with E-state index in [-0.39, 0.29) is 5.97 Å².